The summed E-state index contributed by atoms with van der Waals surface area (Å²) in [6, 6.07) is 12.0. The summed E-state index contributed by atoms with van der Waals surface area (Å²) in [5.74, 6) is 0.284. The Labute approximate surface area is 147 Å². The van der Waals surface area contributed by atoms with E-state index in [4.69, 9.17) is 10.5 Å². The Kier molecular flexibility index (Phi) is 6.38. The number of anilines is 1. The van der Waals surface area contributed by atoms with E-state index in [-0.39, 0.29) is 29.6 Å². The van der Waals surface area contributed by atoms with Gasteiger partial charge in [0.05, 0.1) is 12.8 Å². The highest BCUT2D eigenvalue weighted by Gasteiger charge is 2.18. The van der Waals surface area contributed by atoms with Gasteiger partial charge in [-0.1, -0.05) is 12.1 Å². The summed E-state index contributed by atoms with van der Waals surface area (Å²) in [7, 11) is 1.62. The van der Waals surface area contributed by atoms with E-state index < -0.39 is 11.9 Å². The maximum atomic E-state index is 12.2. The van der Waals surface area contributed by atoms with Crippen molar-refractivity contribution in [3.63, 3.8) is 0 Å². The van der Waals surface area contributed by atoms with Crippen LogP contribution in [0, 0.1) is 0 Å². The molecule has 0 radical (unpaired) electrons. The second kappa shape index (κ2) is 8.50. The van der Waals surface area contributed by atoms with Gasteiger partial charge in [0.2, 0.25) is 0 Å². The highest BCUT2D eigenvalue weighted by Crippen LogP contribution is 2.21. The number of ketones is 1. The van der Waals surface area contributed by atoms with Crippen LogP contribution in [0.2, 0.25) is 0 Å². The van der Waals surface area contributed by atoms with Crippen LogP contribution in [0.5, 0.6) is 11.5 Å². The zero-order chi connectivity index (χ0) is 18.4. The highest BCUT2D eigenvalue weighted by molar-refractivity contribution is 6.00. The lowest BCUT2D eigenvalue weighted by Gasteiger charge is -2.17. The number of carbonyl (C=O) groups excluding carboxylic acids is 1. The second-order valence-electron chi connectivity index (χ2n) is 6.02. The third kappa shape index (κ3) is 5.20. The molecule has 25 heavy (non-hydrogen) atoms. The predicted molar refractivity (Wildman–Crippen MR) is 97.0 cm³/mol. The third-order valence-electron chi connectivity index (χ3n) is 3.98. The molecule has 0 bridgehead atoms. The molecule has 2 aromatic rings. The summed E-state index contributed by atoms with van der Waals surface area (Å²) in [6.45, 7) is 2.12. The molecule has 2 rings (SSSR count). The van der Waals surface area contributed by atoms with Crippen molar-refractivity contribution in [1.82, 2.24) is 5.32 Å². The summed E-state index contributed by atoms with van der Waals surface area (Å²) < 4.78 is 5.13. The monoisotopic (exact) mass is 344 g/mol. The van der Waals surface area contributed by atoms with Crippen molar-refractivity contribution in [3.05, 3.63) is 53.6 Å². The number of aromatic hydroxyl groups is 1. The second-order valence-corrected chi connectivity index (χ2v) is 6.02. The molecule has 0 aliphatic rings. The molecule has 0 spiro atoms. The van der Waals surface area contributed by atoms with Crippen molar-refractivity contribution >= 4 is 11.5 Å². The average molecular weight is 344 g/mol. The molecule has 0 aromatic heterocycles. The van der Waals surface area contributed by atoms with E-state index in [1.165, 1.54) is 18.2 Å². The molecular weight excluding hydrogens is 320 g/mol. The first-order valence-electron chi connectivity index (χ1n) is 8.07. The van der Waals surface area contributed by atoms with Crippen LogP contribution in [-0.2, 0) is 6.42 Å². The van der Waals surface area contributed by atoms with E-state index >= 15 is 0 Å². The molecule has 0 saturated carbocycles. The van der Waals surface area contributed by atoms with Crippen LogP contribution >= 0.6 is 0 Å². The quantitative estimate of drug-likeness (QED) is 0.330. The standard InChI is InChI=1S/C19H24N2O4/c1-12(9-13-3-6-15(25-2)7-4-13)21-11-18(23)19(24)14-5-8-17(22)16(20)10-14/h3-8,10,12,18,21-23H,9,11,20H2,1-2H3. The highest BCUT2D eigenvalue weighted by atomic mass is 16.5. The Hall–Kier alpha value is -2.57. The number of aliphatic hydroxyl groups is 1. The number of Topliss-reactive ketones (excluding diaryl/α,β-unsaturated/α-hetero) is 1. The SMILES string of the molecule is COc1ccc(CC(C)NCC(O)C(=O)c2ccc(O)c(N)c2)cc1. The fourth-order valence-corrected chi connectivity index (χ4v) is 2.49. The van der Waals surface area contributed by atoms with Crippen LogP contribution in [0.25, 0.3) is 0 Å². The van der Waals surface area contributed by atoms with Gasteiger partial charge in [0.15, 0.2) is 5.78 Å². The summed E-state index contributed by atoms with van der Waals surface area (Å²) in [6.07, 6.45) is -0.417. The lowest BCUT2D eigenvalue weighted by atomic mass is 10.0. The number of phenols is 1. The number of benzene rings is 2. The minimum Gasteiger partial charge on any atom is -0.506 e. The van der Waals surface area contributed by atoms with Crippen LogP contribution in [0.3, 0.4) is 0 Å². The number of nitrogen functional groups attached to an aromatic ring is 1. The fraction of sp³-hybridized carbons (Fsp3) is 0.316. The summed E-state index contributed by atoms with van der Waals surface area (Å²) in [4.78, 5) is 12.2. The molecule has 0 fully saturated rings. The molecule has 6 nitrogen and oxygen atoms in total. The van der Waals surface area contributed by atoms with Gasteiger partial charge in [-0.05, 0) is 49.2 Å². The zero-order valence-electron chi connectivity index (χ0n) is 14.4. The number of phenolic OH excluding ortho intramolecular Hbond substituents is 1. The van der Waals surface area contributed by atoms with Crippen LogP contribution in [0.1, 0.15) is 22.8 Å². The van der Waals surface area contributed by atoms with Crippen LogP contribution in [0.15, 0.2) is 42.5 Å². The average Bonchev–Trinajstić information content (AvgIpc) is 2.62. The molecule has 2 atom stereocenters. The first kappa shape index (κ1) is 18.8. The Balaban J connectivity index is 1.86. The normalized spacial score (nSPS) is 13.2. The number of hydrogen-bond acceptors (Lipinski definition) is 6. The van der Waals surface area contributed by atoms with Gasteiger partial charge >= 0.3 is 0 Å². The molecule has 0 aliphatic heterocycles. The van der Waals surface area contributed by atoms with Crippen molar-refractivity contribution in [2.45, 2.75) is 25.5 Å². The molecule has 2 unspecified atom stereocenters. The van der Waals surface area contributed by atoms with Gasteiger partial charge in [-0.25, -0.2) is 0 Å². The number of nitrogens with two attached hydrogens (primary N) is 1. The number of hydrogen-bond donors (Lipinski definition) is 4. The molecule has 0 heterocycles. The molecule has 6 heteroatoms. The van der Waals surface area contributed by atoms with Crippen molar-refractivity contribution in [1.29, 1.82) is 0 Å². The Morgan fingerprint density at radius 1 is 1.24 bits per heavy atom. The van der Waals surface area contributed by atoms with Crippen molar-refractivity contribution < 1.29 is 19.7 Å². The van der Waals surface area contributed by atoms with Gasteiger partial charge in [0.25, 0.3) is 0 Å². The number of aliphatic hydroxyl groups excluding tert-OH is 1. The molecule has 0 aliphatic carbocycles. The molecular formula is C19H24N2O4. The minimum absolute atomic E-state index is 0.0840. The lowest BCUT2D eigenvalue weighted by molar-refractivity contribution is 0.0742. The Bertz CT molecular complexity index is 716. The molecule has 134 valence electrons. The van der Waals surface area contributed by atoms with Gasteiger partial charge in [-0.2, -0.15) is 0 Å². The van der Waals surface area contributed by atoms with Crippen LogP contribution < -0.4 is 15.8 Å². The number of rotatable bonds is 8. The lowest BCUT2D eigenvalue weighted by Crippen LogP contribution is -2.38. The van der Waals surface area contributed by atoms with Gasteiger partial charge in [0, 0.05) is 18.2 Å². The van der Waals surface area contributed by atoms with E-state index in [0.717, 1.165) is 17.7 Å². The minimum atomic E-state index is -1.18. The van der Waals surface area contributed by atoms with Crippen molar-refractivity contribution in [3.8, 4) is 11.5 Å². The maximum absolute atomic E-state index is 12.2. The first-order chi connectivity index (χ1) is 11.9. The number of ether oxygens (including phenoxy) is 1. The van der Waals surface area contributed by atoms with Gasteiger partial charge in [-0.3, -0.25) is 4.79 Å². The smallest absolute Gasteiger partial charge is 0.192 e. The fourth-order valence-electron chi connectivity index (χ4n) is 2.49. The van der Waals surface area contributed by atoms with E-state index in [2.05, 4.69) is 5.32 Å². The number of nitrogens with one attached hydrogen (secondary N) is 1. The summed E-state index contributed by atoms with van der Waals surface area (Å²) >= 11 is 0. The molecule has 2 aromatic carbocycles. The molecule has 0 saturated heterocycles. The predicted octanol–water partition coefficient (Wildman–Crippen LogP) is 1.75. The van der Waals surface area contributed by atoms with Crippen LogP contribution in [-0.4, -0.2) is 41.8 Å². The molecule has 0 amide bonds. The Morgan fingerprint density at radius 3 is 2.52 bits per heavy atom. The summed E-state index contributed by atoms with van der Waals surface area (Å²) in [5.41, 5.74) is 7.09. The zero-order valence-corrected chi connectivity index (χ0v) is 14.4. The van der Waals surface area contributed by atoms with Gasteiger partial charge in [0.1, 0.15) is 17.6 Å². The van der Waals surface area contributed by atoms with E-state index in [9.17, 15) is 15.0 Å². The summed E-state index contributed by atoms with van der Waals surface area (Å²) in [5, 5.41) is 22.6. The van der Waals surface area contributed by atoms with Gasteiger partial charge < -0.3 is 26.0 Å². The van der Waals surface area contributed by atoms with E-state index in [1.807, 2.05) is 31.2 Å². The maximum Gasteiger partial charge on any atom is 0.192 e. The van der Waals surface area contributed by atoms with Crippen molar-refractivity contribution in [2.75, 3.05) is 19.4 Å². The number of carbonyl (C=O) groups is 1. The van der Waals surface area contributed by atoms with E-state index in [1.54, 1.807) is 7.11 Å². The third-order valence-corrected chi connectivity index (χ3v) is 3.98. The Morgan fingerprint density at radius 2 is 1.92 bits per heavy atom. The topological polar surface area (TPSA) is 105 Å². The first-order valence-corrected chi connectivity index (χ1v) is 8.07. The number of methoxy groups -OCH3 is 1. The van der Waals surface area contributed by atoms with Gasteiger partial charge in [-0.15, -0.1) is 0 Å². The van der Waals surface area contributed by atoms with Crippen molar-refractivity contribution in [2.24, 2.45) is 0 Å². The van der Waals surface area contributed by atoms with E-state index in [0.29, 0.717) is 0 Å². The van der Waals surface area contributed by atoms with Crippen LogP contribution in [0.4, 0.5) is 5.69 Å². The molecule has 5 N–H and O–H groups in total. The largest absolute Gasteiger partial charge is 0.506 e.